The van der Waals surface area contributed by atoms with Gasteiger partial charge in [0, 0.05) is 36.9 Å². The first-order chi connectivity index (χ1) is 12.4. The zero-order valence-electron chi connectivity index (χ0n) is 14.9. The maximum absolute atomic E-state index is 4.36. The Morgan fingerprint density at radius 1 is 0.760 bits per heavy atom. The molecule has 2 aliphatic heterocycles. The van der Waals surface area contributed by atoms with Crippen molar-refractivity contribution in [1.29, 1.82) is 0 Å². The lowest BCUT2D eigenvalue weighted by Crippen LogP contribution is -2.45. The summed E-state index contributed by atoms with van der Waals surface area (Å²) in [6, 6.07) is 9.65. The Morgan fingerprint density at radius 3 is 1.72 bits per heavy atom. The van der Waals surface area contributed by atoms with E-state index in [2.05, 4.69) is 56.4 Å². The minimum atomic E-state index is 0.513. The Bertz CT molecular complexity index is 588. The lowest BCUT2D eigenvalue weighted by molar-refractivity contribution is 0.0261. The largest absolute Gasteiger partial charge is 0.283 e. The molecule has 4 heteroatoms. The summed E-state index contributed by atoms with van der Waals surface area (Å²) < 4.78 is 0. The second kappa shape index (κ2) is 8.07. The fourth-order valence-corrected chi connectivity index (χ4v) is 4.45. The molecule has 0 aliphatic carbocycles. The van der Waals surface area contributed by atoms with E-state index in [1.807, 2.05) is 12.4 Å². The molecule has 4 nitrogen and oxygen atoms in total. The fourth-order valence-electron chi connectivity index (χ4n) is 4.45. The number of rotatable bonds is 4. The first-order valence-electron chi connectivity index (χ1n) is 9.70. The van der Waals surface area contributed by atoms with E-state index in [4.69, 9.17) is 0 Å². The fraction of sp³-hybridized carbons (Fsp3) is 0.524. The maximum Gasteiger partial charge on any atom is 0.0517 e. The van der Waals surface area contributed by atoms with Crippen LogP contribution in [0.5, 0.6) is 0 Å². The highest BCUT2D eigenvalue weighted by Crippen LogP contribution is 2.35. The van der Waals surface area contributed by atoms with E-state index in [1.165, 1.54) is 62.7 Å². The molecule has 0 bridgehead atoms. The third-order valence-electron chi connectivity index (χ3n) is 5.73. The van der Waals surface area contributed by atoms with Gasteiger partial charge in [0.05, 0.1) is 6.67 Å². The van der Waals surface area contributed by atoms with Crippen molar-refractivity contribution in [2.24, 2.45) is 0 Å². The predicted molar refractivity (Wildman–Crippen MR) is 99.9 cm³/mol. The van der Waals surface area contributed by atoms with Crippen LogP contribution in [0.4, 0.5) is 0 Å². The minimum Gasteiger partial charge on any atom is -0.283 e. The van der Waals surface area contributed by atoms with E-state index >= 15 is 0 Å². The molecule has 0 radical (unpaired) electrons. The summed E-state index contributed by atoms with van der Waals surface area (Å²) in [6.45, 7) is 3.44. The lowest BCUT2D eigenvalue weighted by atomic mass is 9.95. The van der Waals surface area contributed by atoms with Gasteiger partial charge in [0.25, 0.3) is 0 Å². The van der Waals surface area contributed by atoms with Crippen LogP contribution in [-0.2, 0) is 0 Å². The van der Waals surface area contributed by atoms with Gasteiger partial charge in [0.1, 0.15) is 0 Å². The molecule has 2 atom stereocenters. The van der Waals surface area contributed by atoms with Gasteiger partial charge in [0.15, 0.2) is 0 Å². The van der Waals surface area contributed by atoms with Gasteiger partial charge in [-0.05, 0) is 62.0 Å². The molecular weight excluding hydrogens is 308 g/mol. The van der Waals surface area contributed by atoms with Crippen LogP contribution in [0.3, 0.4) is 0 Å². The molecule has 2 saturated heterocycles. The number of piperidine rings is 2. The Morgan fingerprint density at radius 2 is 1.28 bits per heavy atom. The van der Waals surface area contributed by atoms with Crippen molar-refractivity contribution < 1.29 is 0 Å². The number of nitrogens with zero attached hydrogens (tertiary/aromatic N) is 4. The summed E-state index contributed by atoms with van der Waals surface area (Å²) >= 11 is 0. The monoisotopic (exact) mass is 336 g/mol. The van der Waals surface area contributed by atoms with Crippen LogP contribution < -0.4 is 0 Å². The van der Waals surface area contributed by atoms with Crippen LogP contribution in [0, 0.1) is 0 Å². The molecule has 2 unspecified atom stereocenters. The molecule has 0 amide bonds. The van der Waals surface area contributed by atoms with Gasteiger partial charge in [-0.25, -0.2) is 0 Å². The summed E-state index contributed by atoms with van der Waals surface area (Å²) in [5, 5.41) is 0. The Kier molecular flexibility index (Phi) is 5.38. The summed E-state index contributed by atoms with van der Waals surface area (Å²) in [4.78, 5) is 14.1. The quantitative estimate of drug-likeness (QED) is 0.838. The third-order valence-corrected chi connectivity index (χ3v) is 5.73. The standard InChI is InChI=1S/C21H28N4/c1-3-13-24(20(9-1)18-7-5-11-22-15-18)17-25-14-4-2-10-21(25)19-8-6-12-23-16-19/h5-8,11-12,15-16,20-21H,1-4,9-10,13-14,17H2. The maximum atomic E-state index is 4.36. The highest BCUT2D eigenvalue weighted by Gasteiger charge is 2.30. The van der Waals surface area contributed by atoms with Crippen LogP contribution in [0.15, 0.2) is 49.1 Å². The average Bonchev–Trinajstić information content (AvgIpc) is 2.70. The van der Waals surface area contributed by atoms with Gasteiger partial charge in [-0.2, -0.15) is 0 Å². The molecule has 4 rings (SSSR count). The Labute approximate surface area is 150 Å². The topological polar surface area (TPSA) is 32.3 Å². The molecule has 0 spiro atoms. The van der Waals surface area contributed by atoms with Crippen molar-refractivity contribution in [3.05, 3.63) is 60.2 Å². The third kappa shape index (κ3) is 3.91. The zero-order valence-corrected chi connectivity index (χ0v) is 14.9. The lowest BCUT2D eigenvalue weighted by Gasteiger charge is -2.43. The number of hydrogen-bond acceptors (Lipinski definition) is 4. The molecule has 2 fully saturated rings. The van der Waals surface area contributed by atoms with Crippen molar-refractivity contribution in [2.75, 3.05) is 19.8 Å². The van der Waals surface area contributed by atoms with E-state index < -0.39 is 0 Å². The number of aromatic nitrogens is 2. The Balaban J connectivity index is 1.52. The van der Waals surface area contributed by atoms with Gasteiger partial charge in [-0.15, -0.1) is 0 Å². The predicted octanol–water partition coefficient (Wildman–Crippen LogP) is 4.19. The van der Waals surface area contributed by atoms with E-state index in [-0.39, 0.29) is 0 Å². The molecule has 0 saturated carbocycles. The molecule has 0 N–H and O–H groups in total. The normalized spacial score (nSPS) is 25.8. The second-order valence-electron chi connectivity index (χ2n) is 7.36. The molecule has 2 aliphatic rings. The van der Waals surface area contributed by atoms with Crippen LogP contribution in [0.2, 0.25) is 0 Å². The van der Waals surface area contributed by atoms with Crippen LogP contribution in [-0.4, -0.2) is 39.5 Å². The van der Waals surface area contributed by atoms with Gasteiger partial charge >= 0.3 is 0 Å². The summed E-state index contributed by atoms with van der Waals surface area (Å²) in [5.74, 6) is 0. The number of hydrogen-bond donors (Lipinski definition) is 0. The smallest absolute Gasteiger partial charge is 0.0517 e. The van der Waals surface area contributed by atoms with Crippen molar-refractivity contribution in [3.63, 3.8) is 0 Å². The van der Waals surface area contributed by atoms with E-state index in [0.717, 1.165) is 6.67 Å². The van der Waals surface area contributed by atoms with Crippen LogP contribution >= 0.6 is 0 Å². The first-order valence-corrected chi connectivity index (χ1v) is 9.70. The molecule has 0 aromatic carbocycles. The molecule has 132 valence electrons. The van der Waals surface area contributed by atoms with Gasteiger partial charge in [-0.1, -0.05) is 25.0 Å². The van der Waals surface area contributed by atoms with Crippen molar-refractivity contribution >= 4 is 0 Å². The van der Waals surface area contributed by atoms with E-state index in [0.29, 0.717) is 12.1 Å². The molecule has 2 aromatic heterocycles. The summed E-state index contributed by atoms with van der Waals surface area (Å²) in [6.07, 6.45) is 15.6. The highest BCUT2D eigenvalue weighted by molar-refractivity contribution is 5.16. The Hall–Kier alpha value is -1.78. The number of likely N-dealkylation sites (tertiary alicyclic amines) is 2. The summed E-state index contributed by atoms with van der Waals surface area (Å²) in [7, 11) is 0. The average molecular weight is 336 g/mol. The first kappa shape index (κ1) is 16.7. The second-order valence-corrected chi connectivity index (χ2v) is 7.36. The molecule has 2 aromatic rings. The SMILES string of the molecule is c1cncc(C2CCCCN2CN2CCCCC2c2cccnc2)c1. The van der Waals surface area contributed by atoms with Crippen molar-refractivity contribution in [1.82, 2.24) is 19.8 Å². The van der Waals surface area contributed by atoms with E-state index in [9.17, 15) is 0 Å². The van der Waals surface area contributed by atoms with Gasteiger partial charge in [-0.3, -0.25) is 19.8 Å². The van der Waals surface area contributed by atoms with Crippen LogP contribution in [0.1, 0.15) is 61.7 Å². The summed E-state index contributed by atoms with van der Waals surface area (Å²) in [5.41, 5.74) is 2.74. The minimum absolute atomic E-state index is 0.513. The molecule has 25 heavy (non-hydrogen) atoms. The zero-order chi connectivity index (χ0) is 16.9. The van der Waals surface area contributed by atoms with Gasteiger partial charge < -0.3 is 0 Å². The van der Waals surface area contributed by atoms with Crippen LogP contribution in [0.25, 0.3) is 0 Å². The van der Waals surface area contributed by atoms with Crippen molar-refractivity contribution in [2.45, 2.75) is 50.6 Å². The molecular formula is C21H28N4. The van der Waals surface area contributed by atoms with Gasteiger partial charge in [0.2, 0.25) is 0 Å². The van der Waals surface area contributed by atoms with Crippen molar-refractivity contribution in [3.8, 4) is 0 Å². The molecule has 4 heterocycles. The number of pyridine rings is 2. The highest BCUT2D eigenvalue weighted by atomic mass is 15.3. The van der Waals surface area contributed by atoms with E-state index in [1.54, 1.807) is 0 Å².